The van der Waals surface area contributed by atoms with E-state index >= 15 is 0 Å². The minimum atomic E-state index is -0.793. The Balaban J connectivity index is 1.97. The minimum Gasteiger partial charge on any atom is -0.507 e. The Kier molecular flexibility index (Phi) is 13.1. The van der Waals surface area contributed by atoms with Gasteiger partial charge in [0.25, 0.3) is 0 Å². The summed E-state index contributed by atoms with van der Waals surface area (Å²) >= 11 is 0. The second-order valence-corrected chi connectivity index (χ2v) is 13.4. The maximum absolute atomic E-state index is 11.1. The van der Waals surface area contributed by atoms with Crippen molar-refractivity contribution in [1.29, 1.82) is 0 Å². The van der Waals surface area contributed by atoms with Crippen LogP contribution in [0.1, 0.15) is 82.0 Å². The molecule has 0 aromatic heterocycles. The van der Waals surface area contributed by atoms with Crippen LogP contribution in [-0.4, -0.2) is 62.6 Å². The molecule has 9 nitrogen and oxygen atoms in total. The number of hydrogen-bond donors (Lipinski definition) is 4. The van der Waals surface area contributed by atoms with Crippen molar-refractivity contribution in [2.24, 2.45) is 0 Å². The van der Waals surface area contributed by atoms with Gasteiger partial charge in [-0.3, -0.25) is 0 Å². The van der Waals surface area contributed by atoms with Gasteiger partial charge in [-0.1, -0.05) is 44.2 Å². The Hall–Kier alpha value is -3.96. The first-order valence-electron chi connectivity index (χ1n) is 16.6. The van der Waals surface area contributed by atoms with Gasteiger partial charge in [-0.25, -0.2) is 0 Å². The molecule has 4 aromatic rings. The number of ether oxygens (including phenoxy) is 5. The third-order valence-electron chi connectivity index (χ3n) is 9.74. The molecule has 270 valence electrons. The Morgan fingerprint density at radius 3 is 1.08 bits per heavy atom. The molecule has 0 heterocycles. The molecule has 0 fully saturated rings. The fourth-order valence-corrected chi connectivity index (χ4v) is 6.74. The van der Waals surface area contributed by atoms with Gasteiger partial charge in [-0.05, 0) is 77.1 Å². The van der Waals surface area contributed by atoms with Gasteiger partial charge in [0.2, 0.25) is 0 Å². The van der Waals surface area contributed by atoms with E-state index in [0.717, 1.165) is 27.8 Å². The lowest BCUT2D eigenvalue weighted by Gasteiger charge is -2.35. The van der Waals surface area contributed by atoms with Crippen molar-refractivity contribution in [2.75, 3.05) is 42.2 Å². The highest BCUT2D eigenvalue weighted by molar-refractivity contribution is 5.58. The largest absolute Gasteiger partial charge is 0.507 e. The van der Waals surface area contributed by atoms with Crippen molar-refractivity contribution in [1.82, 2.24) is 0 Å². The molecule has 50 heavy (non-hydrogen) atoms. The fourth-order valence-electron chi connectivity index (χ4n) is 6.74. The predicted octanol–water partition coefficient (Wildman–Crippen LogP) is 6.75. The molecule has 0 aliphatic rings. The first-order valence-corrected chi connectivity index (χ1v) is 16.6. The Bertz CT molecular complexity index is 1600. The molecule has 0 saturated heterocycles. The summed E-state index contributed by atoms with van der Waals surface area (Å²) in [5.41, 5.74) is 7.40. The Labute approximate surface area is 296 Å². The predicted molar refractivity (Wildman–Crippen MR) is 193 cm³/mol. The first-order chi connectivity index (χ1) is 23.9. The van der Waals surface area contributed by atoms with Gasteiger partial charge in [-0.15, -0.1) is 0 Å². The zero-order valence-corrected chi connectivity index (χ0v) is 30.6. The van der Waals surface area contributed by atoms with Crippen LogP contribution in [0.5, 0.6) is 17.2 Å². The normalized spacial score (nSPS) is 12.1. The summed E-state index contributed by atoms with van der Waals surface area (Å²) in [6.45, 7) is 7.38. The van der Waals surface area contributed by atoms with Crippen LogP contribution in [-0.2, 0) is 74.0 Å². The maximum Gasteiger partial charge on any atom is 0.126 e. The van der Waals surface area contributed by atoms with Crippen LogP contribution >= 0.6 is 0 Å². The van der Waals surface area contributed by atoms with Crippen LogP contribution in [0.25, 0.3) is 0 Å². The Morgan fingerprint density at radius 2 is 0.740 bits per heavy atom. The number of methoxy groups -OCH3 is 5. The highest BCUT2D eigenvalue weighted by atomic mass is 16.5. The summed E-state index contributed by atoms with van der Waals surface area (Å²) in [5, 5.41) is 42.8. The third kappa shape index (κ3) is 7.84. The van der Waals surface area contributed by atoms with E-state index in [1.807, 2.05) is 36.4 Å². The van der Waals surface area contributed by atoms with Crippen molar-refractivity contribution >= 4 is 0 Å². The number of benzene rings is 4. The molecule has 4 N–H and O–H groups in total. The van der Waals surface area contributed by atoms with Crippen LogP contribution in [0, 0.1) is 0 Å². The van der Waals surface area contributed by atoms with Gasteiger partial charge in [-0.2, -0.15) is 0 Å². The van der Waals surface area contributed by atoms with E-state index < -0.39 is 10.8 Å². The molecule has 0 unspecified atom stereocenters. The summed E-state index contributed by atoms with van der Waals surface area (Å²) in [4.78, 5) is 0. The van der Waals surface area contributed by atoms with Crippen molar-refractivity contribution in [3.63, 3.8) is 0 Å². The van der Waals surface area contributed by atoms with E-state index in [-0.39, 0.29) is 56.9 Å². The number of phenols is 3. The van der Waals surface area contributed by atoms with E-state index in [4.69, 9.17) is 23.7 Å². The van der Waals surface area contributed by atoms with E-state index in [1.54, 1.807) is 35.5 Å². The summed E-state index contributed by atoms with van der Waals surface area (Å²) in [5.74, 6) is 0.408. The molecule has 0 atom stereocenters. The lowest BCUT2D eigenvalue weighted by molar-refractivity contribution is 0.174. The molecule has 0 saturated carbocycles. The van der Waals surface area contributed by atoms with Crippen LogP contribution in [0.2, 0.25) is 0 Å². The second kappa shape index (κ2) is 16.8. The summed E-state index contributed by atoms with van der Waals surface area (Å²) in [7, 11) is 7.96. The van der Waals surface area contributed by atoms with Gasteiger partial charge >= 0.3 is 0 Å². The van der Waals surface area contributed by atoms with Crippen molar-refractivity contribution in [2.45, 2.75) is 71.1 Å². The quantitative estimate of drug-likeness (QED) is 0.0892. The third-order valence-corrected chi connectivity index (χ3v) is 9.74. The number of hydrogen-bond acceptors (Lipinski definition) is 9. The molecule has 0 spiro atoms. The number of phenolic OH excluding ortho intramolecular Hbond substituents is 3. The molecule has 0 aliphatic carbocycles. The van der Waals surface area contributed by atoms with E-state index in [2.05, 4.69) is 45.0 Å². The SMILES string of the molecule is COCc1cc(C(C)(C)c2ccc(C(C)(c3cc(COC)c(O)c(COC)c3)c3cc(COC)c(O)c(COC)c3)cc2)cc(CCO)c1O. The molecule has 4 aromatic carbocycles. The number of rotatable bonds is 17. The van der Waals surface area contributed by atoms with Crippen LogP contribution in [0.15, 0.2) is 60.7 Å². The number of aliphatic hydroxyl groups excluding tert-OH is 1. The standard InChI is InChI=1S/C41H52O9/c1-40(2,34-15-26(13-14-42)37(43)27(16-34)21-46-4)32-9-11-33(12-10-32)41(3,35-17-28(22-47-5)38(44)29(18-35)23-48-6)36-19-30(24-49-7)39(45)31(20-36)25-50-8/h9-12,15-20,42-45H,13-14,21-25H2,1-8H3. The van der Waals surface area contributed by atoms with Gasteiger partial charge < -0.3 is 44.1 Å². The second-order valence-electron chi connectivity index (χ2n) is 13.4. The molecular weight excluding hydrogens is 636 g/mol. The van der Waals surface area contributed by atoms with E-state index in [0.29, 0.717) is 39.8 Å². The van der Waals surface area contributed by atoms with Gasteiger partial charge in [0, 0.05) is 80.8 Å². The smallest absolute Gasteiger partial charge is 0.126 e. The average molecular weight is 689 g/mol. The molecule has 0 radical (unpaired) electrons. The highest BCUT2D eigenvalue weighted by Gasteiger charge is 2.35. The van der Waals surface area contributed by atoms with Gasteiger partial charge in [0.15, 0.2) is 0 Å². The molecule has 0 aliphatic heterocycles. The van der Waals surface area contributed by atoms with Crippen LogP contribution in [0.3, 0.4) is 0 Å². The summed E-state index contributed by atoms with van der Waals surface area (Å²) < 4.78 is 27.3. The fraction of sp³-hybridized carbons (Fsp3) is 0.415. The summed E-state index contributed by atoms with van der Waals surface area (Å²) in [6, 6.07) is 20.2. The van der Waals surface area contributed by atoms with E-state index in [1.165, 1.54) is 0 Å². The monoisotopic (exact) mass is 688 g/mol. The highest BCUT2D eigenvalue weighted by Crippen LogP contribution is 2.45. The summed E-state index contributed by atoms with van der Waals surface area (Å²) in [6.07, 6.45) is 0.329. The zero-order chi connectivity index (χ0) is 36.6. The first kappa shape index (κ1) is 38.8. The molecule has 9 heteroatoms. The molecular formula is C41H52O9. The Morgan fingerprint density at radius 1 is 0.440 bits per heavy atom. The average Bonchev–Trinajstić information content (AvgIpc) is 3.10. The van der Waals surface area contributed by atoms with Crippen molar-refractivity contribution < 1.29 is 44.1 Å². The van der Waals surface area contributed by atoms with Gasteiger partial charge in [0.05, 0.1) is 33.0 Å². The maximum atomic E-state index is 11.1. The molecule has 0 bridgehead atoms. The minimum absolute atomic E-state index is 0.0813. The molecule has 0 amide bonds. The van der Waals surface area contributed by atoms with Crippen LogP contribution < -0.4 is 0 Å². The van der Waals surface area contributed by atoms with Crippen molar-refractivity contribution in [3.8, 4) is 17.2 Å². The number of aliphatic hydroxyl groups is 1. The van der Waals surface area contributed by atoms with Gasteiger partial charge in [0.1, 0.15) is 17.2 Å². The lowest BCUT2D eigenvalue weighted by Crippen LogP contribution is -2.27. The topological polar surface area (TPSA) is 127 Å². The number of aromatic hydroxyl groups is 3. The lowest BCUT2D eigenvalue weighted by atomic mass is 9.68. The molecule has 4 rings (SSSR count). The van der Waals surface area contributed by atoms with E-state index in [9.17, 15) is 20.4 Å². The van der Waals surface area contributed by atoms with Crippen LogP contribution in [0.4, 0.5) is 0 Å². The van der Waals surface area contributed by atoms with Crippen molar-refractivity contribution in [3.05, 3.63) is 122 Å². The zero-order valence-electron chi connectivity index (χ0n) is 30.6.